The molecule has 3 unspecified atom stereocenters. The number of hydrogen-bond acceptors (Lipinski definition) is 4. The summed E-state index contributed by atoms with van der Waals surface area (Å²) in [5.74, 6) is -0.0313. The quantitative estimate of drug-likeness (QED) is 0.734. The topological polar surface area (TPSA) is 78.4 Å². The Labute approximate surface area is 124 Å². The minimum atomic E-state index is -0.793. The number of benzene rings is 1. The molecule has 3 N–H and O–H groups in total. The summed E-state index contributed by atoms with van der Waals surface area (Å²) in [7, 11) is 0. The first-order valence-electron chi connectivity index (χ1n) is 7.30. The van der Waals surface area contributed by atoms with Gasteiger partial charge >= 0.3 is 0 Å². The van der Waals surface area contributed by atoms with E-state index in [1.165, 1.54) is 6.92 Å². The van der Waals surface area contributed by atoms with E-state index < -0.39 is 12.1 Å². The van der Waals surface area contributed by atoms with Crippen LogP contribution in [-0.4, -0.2) is 41.5 Å². The Balaban J connectivity index is 2.07. The summed E-state index contributed by atoms with van der Waals surface area (Å²) < 4.78 is 0. The van der Waals surface area contributed by atoms with Crippen LogP contribution in [0.1, 0.15) is 25.3 Å². The monoisotopic (exact) mass is 290 g/mol. The van der Waals surface area contributed by atoms with Gasteiger partial charge in [0.2, 0.25) is 5.91 Å². The molecule has 0 radical (unpaired) electrons. The molecule has 1 aliphatic rings. The third-order valence-corrected chi connectivity index (χ3v) is 3.77. The molecule has 1 heterocycles. The van der Waals surface area contributed by atoms with Crippen molar-refractivity contribution in [1.29, 1.82) is 0 Å². The van der Waals surface area contributed by atoms with Crippen LogP contribution < -0.4 is 10.6 Å². The molecule has 1 aromatic carbocycles. The summed E-state index contributed by atoms with van der Waals surface area (Å²) in [6.45, 7) is 2.02. The van der Waals surface area contributed by atoms with Gasteiger partial charge in [-0.05, 0) is 12.0 Å². The van der Waals surface area contributed by atoms with Crippen LogP contribution >= 0.6 is 0 Å². The normalized spacial score (nSPS) is 21.6. The number of hydrogen-bond donors (Lipinski definition) is 3. The second-order valence-electron chi connectivity index (χ2n) is 5.54. The van der Waals surface area contributed by atoms with Gasteiger partial charge in [-0.25, -0.2) is 0 Å². The first kappa shape index (κ1) is 15.7. The highest BCUT2D eigenvalue weighted by molar-refractivity contribution is 5.80. The molecule has 0 saturated carbocycles. The van der Waals surface area contributed by atoms with Crippen LogP contribution in [0.25, 0.3) is 0 Å². The molecule has 114 valence electrons. The van der Waals surface area contributed by atoms with E-state index in [9.17, 15) is 14.7 Å². The maximum atomic E-state index is 11.5. The fourth-order valence-electron chi connectivity index (χ4n) is 2.72. The molecule has 3 atom stereocenters. The van der Waals surface area contributed by atoms with Gasteiger partial charge in [0.05, 0.1) is 12.1 Å². The second-order valence-corrected chi connectivity index (χ2v) is 5.54. The number of carbonyl (C=O) groups excluding carboxylic acids is 2. The standard InChI is InChI=1S/C16H22N2O3/c1-11(19)18-15(9-12-5-3-2-4-6-12)16(21)14-10-13(20)7-8-17-14/h2-6,14-17,21H,7-10H2,1H3,(H,18,19). The molecule has 1 fully saturated rings. The number of carbonyl (C=O) groups is 2. The highest BCUT2D eigenvalue weighted by Gasteiger charge is 2.31. The molecule has 1 amide bonds. The van der Waals surface area contributed by atoms with E-state index in [0.717, 1.165) is 5.56 Å². The van der Waals surface area contributed by atoms with Crippen LogP contribution in [0.2, 0.25) is 0 Å². The summed E-state index contributed by atoms with van der Waals surface area (Å²) in [5, 5.41) is 16.5. The predicted octanol–water partition coefficient (Wildman–Crippen LogP) is 0.416. The third kappa shape index (κ3) is 4.65. The van der Waals surface area contributed by atoms with Gasteiger partial charge in [-0.15, -0.1) is 0 Å². The van der Waals surface area contributed by atoms with E-state index in [1.807, 2.05) is 30.3 Å². The summed E-state index contributed by atoms with van der Waals surface area (Å²) in [5.41, 5.74) is 1.04. The number of aliphatic hydroxyl groups is 1. The highest BCUT2D eigenvalue weighted by atomic mass is 16.3. The molecule has 21 heavy (non-hydrogen) atoms. The van der Waals surface area contributed by atoms with Gasteiger partial charge in [-0.3, -0.25) is 9.59 Å². The average molecular weight is 290 g/mol. The van der Waals surface area contributed by atoms with Crippen molar-refractivity contribution in [3.8, 4) is 0 Å². The lowest BCUT2D eigenvalue weighted by Gasteiger charge is -2.33. The molecule has 0 spiro atoms. The van der Waals surface area contributed by atoms with E-state index in [4.69, 9.17) is 0 Å². The van der Waals surface area contributed by atoms with Crippen molar-refractivity contribution in [2.45, 2.75) is 44.4 Å². The molecule has 1 saturated heterocycles. The third-order valence-electron chi connectivity index (χ3n) is 3.77. The molecular weight excluding hydrogens is 268 g/mol. The van der Waals surface area contributed by atoms with Gasteiger partial charge in [-0.1, -0.05) is 30.3 Å². The molecule has 0 aromatic heterocycles. The van der Waals surface area contributed by atoms with Crippen molar-refractivity contribution >= 4 is 11.7 Å². The number of ketones is 1. The van der Waals surface area contributed by atoms with Crippen LogP contribution in [0.15, 0.2) is 30.3 Å². The fourth-order valence-corrected chi connectivity index (χ4v) is 2.72. The maximum absolute atomic E-state index is 11.5. The molecule has 0 aliphatic carbocycles. The largest absolute Gasteiger partial charge is 0.389 e. The minimum absolute atomic E-state index is 0.152. The molecule has 5 nitrogen and oxygen atoms in total. The maximum Gasteiger partial charge on any atom is 0.217 e. The Bertz CT molecular complexity index is 490. The van der Waals surface area contributed by atoms with E-state index >= 15 is 0 Å². The van der Waals surface area contributed by atoms with Gasteiger partial charge in [0, 0.05) is 32.4 Å². The number of nitrogens with one attached hydrogen (secondary N) is 2. The number of aliphatic hydroxyl groups excluding tert-OH is 1. The molecule has 0 bridgehead atoms. The van der Waals surface area contributed by atoms with Crippen LogP contribution in [0.3, 0.4) is 0 Å². The molecule has 2 rings (SSSR count). The Kier molecular flexibility index (Phi) is 5.47. The van der Waals surface area contributed by atoms with Crippen molar-refractivity contribution in [2.75, 3.05) is 6.54 Å². The van der Waals surface area contributed by atoms with Gasteiger partial charge < -0.3 is 15.7 Å². The summed E-state index contributed by atoms with van der Waals surface area (Å²) in [6.07, 6.45) is 0.561. The predicted molar refractivity (Wildman–Crippen MR) is 79.8 cm³/mol. The van der Waals surface area contributed by atoms with Gasteiger partial charge in [0.15, 0.2) is 0 Å². The zero-order valence-corrected chi connectivity index (χ0v) is 12.2. The number of rotatable bonds is 5. The van der Waals surface area contributed by atoms with Crippen molar-refractivity contribution in [3.63, 3.8) is 0 Å². The first-order chi connectivity index (χ1) is 10.1. The number of piperidine rings is 1. The Hall–Kier alpha value is -1.72. The van der Waals surface area contributed by atoms with Gasteiger partial charge in [0.1, 0.15) is 5.78 Å². The van der Waals surface area contributed by atoms with Crippen molar-refractivity contribution in [2.24, 2.45) is 0 Å². The summed E-state index contributed by atoms with van der Waals surface area (Å²) in [6, 6.07) is 8.99. The van der Waals surface area contributed by atoms with Crippen LogP contribution in [0, 0.1) is 0 Å². The van der Waals surface area contributed by atoms with Crippen molar-refractivity contribution < 1.29 is 14.7 Å². The zero-order valence-electron chi connectivity index (χ0n) is 12.2. The number of Topliss-reactive ketones (excluding diaryl/α,β-unsaturated/α-hetero) is 1. The molecule has 5 heteroatoms. The lowest BCUT2D eigenvalue weighted by atomic mass is 9.91. The zero-order chi connectivity index (χ0) is 15.2. The molecule has 1 aliphatic heterocycles. The van der Waals surface area contributed by atoms with Crippen LogP contribution in [0.4, 0.5) is 0 Å². The first-order valence-corrected chi connectivity index (χ1v) is 7.30. The Morgan fingerprint density at radius 2 is 2.14 bits per heavy atom. The van der Waals surface area contributed by atoms with Gasteiger partial charge in [-0.2, -0.15) is 0 Å². The smallest absolute Gasteiger partial charge is 0.217 e. The van der Waals surface area contributed by atoms with E-state index in [-0.39, 0.29) is 17.7 Å². The minimum Gasteiger partial charge on any atom is -0.389 e. The number of amides is 1. The van der Waals surface area contributed by atoms with Gasteiger partial charge in [0.25, 0.3) is 0 Å². The van der Waals surface area contributed by atoms with E-state index in [2.05, 4.69) is 10.6 Å². The van der Waals surface area contributed by atoms with Crippen LogP contribution in [0.5, 0.6) is 0 Å². The molecular formula is C16H22N2O3. The highest BCUT2D eigenvalue weighted by Crippen LogP contribution is 2.14. The average Bonchev–Trinajstić information content (AvgIpc) is 2.46. The lowest BCUT2D eigenvalue weighted by molar-refractivity contribution is -0.122. The van der Waals surface area contributed by atoms with E-state index in [1.54, 1.807) is 0 Å². The molecule has 1 aromatic rings. The summed E-state index contributed by atoms with van der Waals surface area (Å²) >= 11 is 0. The van der Waals surface area contributed by atoms with E-state index in [0.29, 0.717) is 25.8 Å². The Morgan fingerprint density at radius 1 is 1.43 bits per heavy atom. The van der Waals surface area contributed by atoms with Crippen molar-refractivity contribution in [3.05, 3.63) is 35.9 Å². The SMILES string of the molecule is CC(=O)NC(Cc1ccccc1)C(O)C1CC(=O)CCN1. The lowest BCUT2D eigenvalue weighted by Crippen LogP contribution is -2.56. The fraction of sp³-hybridized carbons (Fsp3) is 0.500. The second kappa shape index (κ2) is 7.33. The summed E-state index contributed by atoms with van der Waals surface area (Å²) in [4.78, 5) is 22.9. The van der Waals surface area contributed by atoms with Crippen LogP contribution in [-0.2, 0) is 16.0 Å². The van der Waals surface area contributed by atoms with Crippen molar-refractivity contribution in [1.82, 2.24) is 10.6 Å². The Morgan fingerprint density at radius 3 is 2.76 bits per heavy atom.